The first-order valence-electron chi connectivity index (χ1n) is 12.9. The van der Waals surface area contributed by atoms with Crippen LogP contribution < -0.4 is 42.0 Å². The van der Waals surface area contributed by atoms with E-state index in [4.69, 9.17) is 30.4 Å². The molecule has 13 nitrogen and oxygen atoms in total. The molecule has 14 heteroatoms. The molecule has 0 aliphatic carbocycles. The summed E-state index contributed by atoms with van der Waals surface area (Å²) in [5.41, 5.74) is 10.8. The molecule has 10 N–H and O–H groups in total. The van der Waals surface area contributed by atoms with Gasteiger partial charge in [-0.15, -0.1) is 0 Å². The van der Waals surface area contributed by atoms with Gasteiger partial charge in [-0.25, -0.2) is 18.6 Å². The maximum atomic E-state index is 13.5. The first-order chi connectivity index (χ1) is 20.4. The van der Waals surface area contributed by atoms with E-state index < -0.39 is 27.6 Å². The fraction of sp³-hybridized carbons (Fsp3) is 0.172. The Bertz CT molecular complexity index is 1850. The van der Waals surface area contributed by atoms with Crippen molar-refractivity contribution in [2.24, 2.45) is 5.73 Å². The van der Waals surface area contributed by atoms with Crippen molar-refractivity contribution in [1.82, 2.24) is 10.0 Å². The van der Waals surface area contributed by atoms with Crippen LogP contribution in [0.3, 0.4) is 0 Å². The van der Waals surface area contributed by atoms with E-state index in [-0.39, 0.29) is 29.3 Å². The third-order valence-corrected chi connectivity index (χ3v) is 8.13. The molecule has 0 bridgehead atoms. The van der Waals surface area contributed by atoms with Gasteiger partial charge in [-0.3, -0.25) is 15.9 Å². The number of nitrogens with two attached hydrogens (primary N) is 2. The highest BCUT2D eigenvalue weighted by Gasteiger charge is 2.28. The fourth-order valence-electron chi connectivity index (χ4n) is 4.35. The predicted octanol–water partition coefficient (Wildman–Crippen LogP) is -0.952. The van der Waals surface area contributed by atoms with Gasteiger partial charge in [0.25, 0.3) is 0 Å². The molecular formula is C29H32N6O7S+2. The summed E-state index contributed by atoms with van der Waals surface area (Å²) < 4.78 is 45.3. The largest absolute Gasteiger partial charge is 0.493 e. The smallest absolute Gasteiger partial charge is 0.362 e. The summed E-state index contributed by atoms with van der Waals surface area (Å²) in [7, 11) is -1.37. The number of amides is 1. The SMILES string of the molecule is COc1cc2oc(=O)cc(C[C@H](NS(=O)(=O)c3ccc(C(=N)N)cc3)C(=O)NCc3ccc(C(=[NH2+])[NH3+])cc3)c2cc1OC. The van der Waals surface area contributed by atoms with Crippen molar-refractivity contribution >= 4 is 38.6 Å². The number of nitrogens with one attached hydrogen (secondary N) is 3. The highest BCUT2D eigenvalue weighted by atomic mass is 32.2. The number of carbonyl (C=O) groups is 1. The summed E-state index contributed by atoms with van der Waals surface area (Å²) in [6.07, 6.45) is -0.208. The lowest BCUT2D eigenvalue weighted by Gasteiger charge is -2.20. The third-order valence-electron chi connectivity index (χ3n) is 6.64. The number of rotatable bonds is 12. The summed E-state index contributed by atoms with van der Waals surface area (Å²) >= 11 is 0. The molecular weight excluding hydrogens is 576 g/mol. The summed E-state index contributed by atoms with van der Waals surface area (Å²) in [5.74, 6) is 0.206. The van der Waals surface area contributed by atoms with Crippen molar-refractivity contribution in [2.45, 2.75) is 23.9 Å². The Balaban J connectivity index is 1.70. The zero-order valence-corrected chi connectivity index (χ0v) is 24.3. The Morgan fingerprint density at radius 2 is 1.63 bits per heavy atom. The Hall–Kier alpha value is -5.05. The van der Waals surface area contributed by atoms with E-state index in [1.54, 1.807) is 30.3 Å². The second kappa shape index (κ2) is 12.9. The number of methoxy groups -OCH3 is 2. The van der Waals surface area contributed by atoms with Crippen LogP contribution in [-0.2, 0) is 27.8 Å². The number of sulfonamides is 1. The van der Waals surface area contributed by atoms with Gasteiger partial charge in [0.05, 0.1) is 19.1 Å². The van der Waals surface area contributed by atoms with Crippen molar-refractivity contribution in [3.05, 3.63) is 99.4 Å². The van der Waals surface area contributed by atoms with Crippen LogP contribution in [0, 0.1) is 5.41 Å². The molecule has 1 atom stereocenters. The van der Waals surface area contributed by atoms with Crippen LogP contribution in [0.1, 0.15) is 22.3 Å². The molecule has 1 amide bonds. The molecule has 43 heavy (non-hydrogen) atoms. The molecule has 0 aliphatic heterocycles. The number of quaternary nitrogens is 1. The zero-order chi connectivity index (χ0) is 31.3. The highest BCUT2D eigenvalue weighted by Crippen LogP contribution is 2.33. The average Bonchev–Trinajstić information content (AvgIpc) is 2.98. The molecule has 1 aromatic heterocycles. The molecule has 0 aliphatic rings. The standard InChI is InChI=1S/C29H30N6O7S/c1-40-24-13-21-19(12-26(36)42-23(21)14-25(24)41-2)11-22(29(37)34-15-16-3-5-17(6-4-16)27(30)31)35-43(38,39)20-9-7-18(8-10-20)28(32)33/h3-10,12-14,22,35H,11,15H2,1-2H3,(H3,30,31)(H3,32,33)(H,34,37)/p+2/t22-/m0/s1. The van der Waals surface area contributed by atoms with Crippen LogP contribution in [0.5, 0.6) is 11.5 Å². The third kappa shape index (κ3) is 7.24. The van der Waals surface area contributed by atoms with Gasteiger partial charge in [0.2, 0.25) is 15.9 Å². The number of hydrogen-bond donors (Lipinski definition) is 6. The molecule has 224 valence electrons. The molecule has 0 saturated heterocycles. The minimum absolute atomic E-state index is 0.0877. The maximum absolute atomic E-state index is 13.5. The van der Waals surface area contributed by atoms with Crippen LogP contribution in [0.4, 0.5) is 0 Å². The molecule has 3 aromatic carbocycles. The number of nitrogen functional groups attached to an aromatic ring is 1. The van der Waals surface area contributed by atoms with Crippen molar-refractivity contribution < 1.29 is 38.2 Å². The van der Waals surface area contributed by atoms with Crippen LogP contribution >= 0.6 is 0 Å². The lowest BCUT2D eigenvalue weighted by Crippen LogP contribution is -2.70. The number of ether oxygens (including phenoxy) is 2. The fourth-order valence-corrected chi connectivity index (χ4v) is 5.54. The van der Waals surface area contributed by atoms with Gasteiger partial charge < -0.3 is 24.9 Å². The maximum Gasteiger partial charge on any atom is 0.362 e. The van der Waals surface area contributed by atoms with Gasteiger partial charge in [-0.1, -0.05) is 12.1 Å². The monoisotopic (exact) mass is 608 g/mol. The molecule has 0 unspecified atom stereocenters. The highest BCUT2D eigenvalue weighted by molar-refractivity contribution is 7.89. The first-order valence-corrected chi connectivity index (χ1v) is 14.4. The van der Waals surface area contributed by atoms with Gasteiger partial charge in [0.1, 0.15) is 23.0 Å². The summed E-state index contributed by atoms with van der Waals surface area (Å²) in [5, 5.41) is 16.5. The van der Waals surface area contributed by atoms with Crippen molar-refractivity contribution in [2.75, 3.05) is 14.2 Å². The molecule has 4 rings (SSSR count). The van der Waals surface area contributed by atoms with E-state index in [0.29, 0.717) is 33.8 Å². The summed E-state index contributed by atoms with van der Waals surface area (Å²) in [6.45, 7) is 0.0877. The zero-order valence-electron chi connectivity index (χ0n) is 23.5. The number of fused-ring (bicyclic) bond motifs is 1. The van der Waals surface area contributed by atoms with Crippen molar-refractivity contribution in [3.8, 4) is 11.5 Å². The van der Waals surface area contributed by atoms with Gasteiger partial charge in [-0.05, 0) is 60.0 Å². The van der Waals surface area contributed by atoms with Crippen LogP contribution in [-0.4, -0.2) is 46.3 Å². The Kier molecular flexibility index (Phi) is 9.24. The Labute approximate surface area is 246 Å². The normalized spacial score (nSPS) is 12.0. The lowest BCUT2D eigenvalue weighted by atomic mass is 10.0. The molecule has 1 heterocycles. The van der Waals surface area contributed by atoms with E-state index in [1.165, 1.54) is 50.6 Å². The van der Waals surface area contributed by atoms with Crippen molar-refractivity contribution in [3.63, 3.8) is 0 Å². The van der Waals surface area contributed by atoms with Gasteiger partial charge in [0.15, 0.2) is 11.5 Å². The van der Waals surface area contributed by atoms with Gasteiger partial charge in [-0.2, -0.15) is 4.72 Å². The molecule has 0 fully saturated rings. The minimum atomic E-state index is -4.24. The predicted molar refractivity (Wildman–Crippen MR) is 158 cm³/mol. The van der Waals surface area contributed by atoms with Crippen LogP contribution in [0.25, 0.3) is 11.0 Å². The van der Waals surface area contributed by atoms with E-state index in [2.05, 4.69) is 15.8 Å². The van der Waals surface area contributed by atoms with E-state index in [9.17, 15) is 18.0 Å². The van der Waals surface area contributed by atoms with E-state index in [1.807, 2.05) is 0 Å². The quantitative estimate of drug-likeness (QED) is 0.0666. The minimum Gasteiger partial charge on any atom is -0.493 e. The van der Waals surface area contributed by atoms with E-state index >= 15 is 0 Å². The number of amidine groups is 2. The lowest BCUT2D eigenvalue weighted by molar-refractivity contribution is -0.298. The van der Waals surface area contributed by atoms with Gasteiger partial charge in [0, 0.05) is 29.6 Å². The number of carbonyl (C=O) groups excluding carboxylic acids is 1. The second-order valence-corrected chi connectivity index (χ2v) is 11.3. The Morgan fingerprint density at radius 3 is 2.21 bits per heavy atom. The van der Waals surface area contributed by atoms with Crippen LogP contribution in [0.2, 0.25) is 0 Å². The van der Waals surface area contributed by atoms with Crippen molar-refractivity contribution in [1.29, 1.82) is 5.41 Å². The first kappa shape index (κ1) is 30.9. The summed E-state index contributed by atoms with van der Waals surface area (Å²) in [6, 6.07) is 15.3. The van der Waals surface area contributed by atoms with Gasteiger partial charge >= 0.3 is 11.5 Å². The summed E-state index contributed by atoms with van der Waals surface area (Å²) in [4.78, 5) is 25.9. The second-order valence-electron chi connectivity index (χ2n) is 9.55. The topological polar surface area (TPSA) is 227 Å². The molecule has 0 saturated carbocycles. The van der Waals surface area contributed by atoms with E-state index in [0.717, 1.165) is 11.1 Å². The molecule has 0 spiro atoms. The average molecular weight is 609 g/mol. The number of benzene rings is 3. The Morgan fingerprint density at radius 1 is 1.02 bits per heavy atom. The molecule has 0 radical (unpaired) electrons. The van der Waals surface area contributed by atoms with Crippen LogP contribution in [0.15, 0.2) is 80.8 Å². The molecule has 4 aromatic rings. The number of hydrogen-bond acceptors (Lipinski definition) is 8.